The van der Waals surface area contributed by atoms with E-state index in [-0.39, 0.29) is 10.6 Å². The molecule has 3 aromatic rings. The van der Waals surface area contributed by atoms with E-state index in [9.17, 15) is 13.2 Å². The Morgan fingerprint density at radius 2 is 2.14 bits per heavy atom. The van der Waals surface area contributed by atoms with Gasteiger partial charge in [0.1, 0.15) is 6.26 Å². The summed E-state index contributed by atoms with van der Waals surface area (Å²) in [5.41, 5.74) is 0.758. The molecular weight excluding hydrogens is 314 g/mol. The van der Waals surface area contributed by atoms with Crippen LogP contribution in [0.5, 0.6) is 0 Å². The Morgan fingerprint density at radius 1 is 1.33 bits per heavy atom. The van der Waals surface area contributed by atoms with Crippen molar-refractivity contribution in [2.75, 3.05) is 11.6 Å². The van der Waals surface area contributed by atoms with Crippen LogP contribution in [0.4, 0.5) is 5.13 Å². The summed E-state index contributed by atoms with van der Waals surface area (Å²) in [6.07, 6.45) is 2.44. The van der Waals surface area contributed by atoms with Crippen molar-refractivity contribution in [3.8, 4) is 0 Å². The molecule has 0 spiro atoms. The molecular formula is C12H9N3O4S2. The second kappa shape index (κ2) is 4.93. The number of aromatic nitrogens is 2. The van der Waals surface area contributed by atoms with Crippen molar-refractivity contribution in [2.45, 2.75) is 4.90 Å². The van der Waals surface area contributed by atoms with Crippen LogP contribution in [0.15, 0.2) is 39.9 Å². The lowest BCUT2D eigenvalue weighted by Gasteiger charge is -1.96. The Kier molecular flexibility index (Phi) is 3.22. The minimum absolute atomic E-state index is 0.145. The molecule has 0 aliphatic carbocycles. The fourth-order valence-corrected chi connectivity index (χ4v) is 3.30. The molecule has 1 N–H and O–H groups in total. The minimum atomic E-state index is -3.27. The molecule has 9 heteroatoms. The third-order valence-corrected chi connectivity index (χ3v) is 4.72. The van der Waals surface area contributed by atoms with Crippen molar-refractivity contribution in [3.05, 3.63) is 36.2 Å². The molecule has 0 fully saturated rings. The number of carbonyl (C=O) groups excluding carboxylic acids is 1. The summed E-state index contributed by atoms with van der Waals surface area (Å²) < 4.78 is 28.3. The maximum atomic E-state index is 11.8. The average Bonchev–Trinajstić information content (AvgIpc) is 3.05. The Bertz CT molecular complexity index is 913. The topological polar surface area (TPSA) is 102 Å². The molecule has 2 aromatic heterocycles. The molecule has 0 unspecified atom stereocenters. The van der Waals surface area contributed by atoms with Gasteiger partial charge in [-0.2, -0.15) is 0 Å². The van der Waals surface area contributed by atoms with Crippen molar-refractivity contribution in [1.29, 1.82) is 0 Å². The summed E-state index contributed by atoms with van der Waals surface area (Å²) in [5.74, 6) is -0.439. The zero-order chi connectivity index (χ0) is 15.0. The first-order valence-corrected chi connectivity index (χ1v) is 8.47. The van der Waals surface area contributed by atoms with Crippen molar-refractivity contribution >= 4 is 42.4 Å². The number of thiazole rings is 1. The van der Waals surface area contributed by atoms with E-state index in [1.807, 2.05) is 0 Å². The summed E-state index contributed by atoms with van der Waals surface area (Å²) in [6.45, 7) is 0. The monoisotopic (exact) mass is 323 g/mol. The van der Waals surface area contributed by atoms with Gasteiger partial charge in [-0.05, 0) is 18.2 Å². The highest BCUT2D eigenvalue weighted by molar-refractivity contribution is 7.90. The van der Waals surface area contributed by atoms with Crippen LogP contribution in [0.1, 0.15) is 10.5 Å². The van der Waals surface area contributed by atoms with Crippen LogP contribution >= 0.6 is 11.3 Å². The highest BCUT2D eigenvalue weighted by atomic mass is 32.2. The Labute approximate surface area is 123 Å². The van der Waals surface area contributed by atoms with Gasteiger partial charge in [0.05, 0.1) is 15.1 Å². The van der Waals surface area contributed by atoms with Crippen LogP contribution in [0.2, 0.25) is 0 Å². The molecule has 0 saturated heterocycles. The van der Waals surface area contributed by atoms with Crippen LogP contribution < -0.4 is 5.32 Å². The standard InChI is InChI=1S/C12H9N3O4S2/c1-21(17,18)7-2-3-8-10(6-7)20-12(13-8)14-11(16)9-4-5-19-15-9/h2-6H,1H3,(H,13,14,16). The minimum Gasteiger partial charge on any atom is -0.364 e. The summed E-state index contributed by atoms with van der Waals surface area (Å²) in [4.78, 5) is 16.3. The van der Waals surface area contributed by atoms with Crippen molar-refractivity contribution < 1.29 is 17.7 Å². The third-order valence-electron chi connectivity index (χ3n) is 2.68. The number of hydrogen-bond acceptors (Lipinski definition) is 7. The number of rotatable bonds is 3. The van der Waals surface area contributed by atoms with Gasteiger partial charge in [0.25, 0.3) is 5.91 Å². The molecule has 0 bridgehead atoms. The molecule has 0 aliphatic heterocycles. The van der Waals surface area contributed by atoms with E-state index in [0.29, 0.717) is 15.3 Å². The maximum Gasteiger partial charge on any atom is 0.279 e. The van der Waals surface area contributed by atoms with E-state index < -0.39 is 15.7 Å². The molecule has 1 amide bonds. The molecule has 1 aromatic carbocycles. The second-order valence-electron chi connectivity index (χ2n) is 4.26. The lowest BCUT2D eigenvalue weighted by atomic mass is 10.3. The van der Waals surface area contributed by atoms with Gasteiger partial charge in [0.15, 0.2) is 20.7 Å². The highest BCUT2D eigenvalue weighted by Crippen LogP contribution is 2.28. The van der Waals surface area contributed by atoms with Crippen LogP contribution in [-0.2, 0) is 9.84 Å². The predicted octanol–water partition coefficient (Wildman–Crippen LogP) is 1.94. The van der Waals surface area contributed by atoms with E-state index in [0.717, 1.165) is 6.26 Å². The van der Waals surface area contributed by atoms with Crippen molar-refractivity contribution in [2.24, 2.45) is 0 Å². The van der Waals surface area contributed by atoms with Gasteiger partial charge in [-0.1, -0.05) is 16.5 Å². The van der Waals surface area contributed by atoms with Gasteiger partial charge in [-0.25, -0.2) is 13.4 Å². The largest absolute Gasteiger partial charge is 0.364 e. The van der Waals surface area contributed by atoms with Gasteiger partial charge in [-0.3, -0.25) is 10.1 Å². The van der Waals surface area contributed by atoms with Gasteiger partial charge >= 0.3 is 0 Å². The van der Waals surface area contributed by atoms with Crippen LogP contribution in [-0.4, -0.2) is 30.7 Å². The fourth-order valence-electron chi connectivity index (χ4n) is 1.68. The number of anilines is 1. The van der Waals surface area contributed by atoms with E-state index in [1.165, 1.54) is 35.8 Å². The number of sulfone groups is 1. The Balaban J connectivity index is 1.93. The molecule has 108 valence electrons. The van der Waals surface area contributed by atoms with Gasteiger partial charge in [0, 0.05) is 12.3 Å². The number of carbonyl (C=O) groups is 1. The molecule has 3 rings (SSSR count). The highest BCUT2D eigenvalue weighted by Gasteiger charge is 2.14. The van der Waals surface area contributed by atoms with Gasteiger partial charge in [0.2, 0.25) is 0 Å². The number of benzene rings is 1. The van der Waals surface area contributed by atoms with Gasteiger partial charge < -0.3 is 4.52 Å². The zero-order valence-corrected chi connectivity index (χ0v) is 12.4. The number of nitrogens with zero attached hydrogens (tertiary/aromatic N) is 2. The molecule has 21 heavy (non-hydrogen) atoms. The number of fused-ring (bicyclic) bond motifs is 1. The Hall–Kier alpha value is -2.26. The lowest BCUT2D eigenvalue weighted by molar-refractivity contribution is 0.101. The summed E-state index contributed by atoms with van der Waals surface area (Å²) in [5, 5.41) is 6.48. The molecule has 0 saturated carbocycles. The molecule has 7 nitrogen and oxygen atoms in total. The SMILES string of the molecule is CS(=O)(=O)c1ccc2nc(NC(=O)c3ccon3)sc2c1. The average molecular weight is 323 g/mol. The third kappa shape index (κ3) is 2.78. The number of nitrogens with one attached hydrogen (secondary N) is 1. The van der Waals surface area contributed by atoms with Crippen molar-refractivity contribution in [3.63, 3.8) is 0 Å². The number of hydrogen-bond donors (Lipinski definition) is 1. The Morgan fingerprint density at radius 3 is 2.81 bits per heavy atom. The van der Waals surface area contributed by atoms with Crippen LogP contribution in [0.25, 0.3) is 10.2 Å². The normalized spacial score (nSPS) is 11.7. The smallest absolute Gasteiger partial charge is 0.279 e. The molecule has 0 aliphatic rings. The maximum absolute atomic E-state index is 11.8. The predicted molar refractivity (Wildman–Crippen MR) is 77.2 cm³/mol. The lowest BCUT2D eigenvalue weighted by Crippen LogP contribution is -2.11. The summed E-state index contributed by atoms with van der Waals surface area (Å²) in [7, 11) is -3.27. The molecule has 2 heterocycles. The first kappa shape index (κ1) is 13.7. The second-order valence-corrected chi connectivity index (χ2v) is 7.31. The first-order valence-electron chi connectivity index (χ1n) is 5.76. The summed E-state index contributed by atoms with van der Waals surface area (Å²) >= 11 is 1.19. The quantitative estimate of drug-likeness (QED) is 0.790. The van der Waals surface area contributed by atoms with Crippen LogP contribution in [0.3, 0.4) is 0 Å². The van der Waals surface area contributed by atoms with Crippen molar-refractivity contribution in [1.82, 2.24) is 10.1 Å². The summed E-state index contributed by atoms with van der Waals surface area (Å²) in [6, 6.07) is 6.06. The molecule has 0 radical (unpaired) electrons. The fraction of sp³-hybridized carbons (Fsp3) is 0.0833. The van der Waals surface area contributed by atoms with Gasteiger partial charge in [-0.15, -0.1) is 0 Å². The van der Waals surface area contributed by atoms with E-state index in [1.54, 1.807) is 6.07 Å². The van der Waals surface area contributed by atoms with Crippen LogP contribution in [0, 0.1) is 0 Å². The first-order chi connectivity index (χ1) is 9.93. The molecule has 0 atom stereocenters. The van der Waals surface area contributed by atoms with E-state index in [4.69, 9.17) is 0 Å². The zero-order valence-electron chi connectivity index (χ0n) is 10.7. The van der Waals surface area contributed by atoms with E-state index >= 15 is 0 Å². The number of amides is 1. The van der Waals surface area contributed by atoms with E-state index in [2.05, 4.69) is 20.0 Å².